The Balaban J connectivity index is 1.56. The smallest absolute Gasteiger partial charge is 0.191 e. The Bertz CT molecular complexity index is 803. The molecule has 0 spiro atoms. The molecule has 0 aliphatic carbocycles. The molecule has 150 valence electrons. The predicted molar refractivity (Wildman–Crippen MR) is 118 cm³/mol. The molecule has 2 N–H and O–H groups in total. The van der Waals surface area contributed by atoms with Crippen LogP contribution in [-0.4, -0.2) is 44.2 Å². The summed E-state index contributed by atoms with van der Waals surface area (Å²) in [4.78, 5) is 6.82. The maximum atomic E-state index is 5.46. The number of aryl methyl sites for hydroxylation is 1. The molecule has 28 heavy (non-hydrogen) atoms. The van der Waals surface area contributed by atoms with Crippen LogP contribution in [0.25, 0.3) is 0 Å². The van der Waals surface area contributed by atoms with E-state index in [2.05, 4.69) is 85.8 Å². The summed E-state index contributed by atoms with van der Waals surface area (Å²) in [7, 11) is 1.81. The zero-order chi connectivity index (χ0) is 19.8. The molecule has 1 aliphatic rings. The molecule has 3 rings (SSSR count). The van der Waals surface area contributed by atoms with Gasteiger partial charge < -0.3 is 15.4 Å². The molecule has 1 aliphatic heterocycles. The second-order valence-electron chi connectivity index (χ2n) is 7.01. The summed E-state index contributed by atoms with van der Waals surface area (Å²) < 4.78 is 6.56. The van der Waals surface area contributed by atoms with Crippen LogP contribution in [0, 0.1) is 6.92 Å². The third-order valence-corrected chi connectivity index (χ3v) is 5.53. The van der Waals surface area contributed by atoms with Gasteiger partial charge in [-0.1, -0.05) is 46.3 Å². The fraction of sp³-hybridized carbons (Fsp3) is 0.409. The molecule has 0 amide bonds. The van der Waals surface area contributed by atoms with Crippen molar-refractivity contribution in [2.45, 2.75) is 26.6 Å². The molecule has 1 heterocycles. The van der Waals surface area contributed by atoms with Gasteiger partial charge in [0.05, 0.1) is 13.2 Å². The molecular weight excluding hydrogens is 416 g/mol. The van der Waals surface area contributed by atoms with Crippen LogP contribution in [0.4, 0.5) is 0 Å². The summed E-state index contributed by atoms with van der Waals surface area (Å²) in [6.45, 7) is 8.23. The van der Waals surface area contributed by atoms with Crippen LogP contribution in [0.2, 0.25) is 0 Å². The third kappa shape index (κ3) is 6.06. The number of nitrogens with one attached hydrogen (secondary N) is 2. The second kappa shape index (κ2) is 10.6. The van der Waals surface area contributed by atoms with Crippen molar-refractivity contribution in [3.05, 3.63) is 69.2 Å². The highest BCUT2D eigenvalue weighted by Gasteiger charge is 2.12. The zero-order valence-electron chi connectivity index (χ0n) is 16.7. The number of rotatable bonds is 6. The fourth-order valence-corrected chi connectivity index (χ4v) is 3.80. The van der Waals surface area contributed by atoms with Crippen molar-refractivity contribution in [3.8, 4) is 0 Å². The minimum absolute atomic E-state index is 0.744. The molecule has 1 fully saturated rings. The van der Waals surface area contributed by atoms with E-state index in [1.54, 1.807) is 0 Å². The van der Waals surface area contributed by atoms with E-state index in [4.69, 9.17) is 4.74 Å². The number of hydrogen-bond acceptors (Lipinski definition) is 3. The lowest BCUT2D eigenvalue weighted by Crippen LogP contribution is -2.37. The van der Waals surface area contributed by atoms with Gasteiger partial charge in [-0.25, -0.2) is 0 Å². The van der Waals surface area contributed by atoms with E-state index in [9.17, 15) is 0 Å². The highest BCUT2D eigenvalue weighted by molar-refractivity contribution is 9.10. The first-order valence-electron chi connectivity index (χ1n) is 9.72. The van der Waals surface area contributed by atoms with E-state index in [0.717, 1.165) is 56.4 Å². The van der Waals surface area contributed by atoms with Crippen molar-refractivity contribution < 1.29 is 4.74 Å². The molecule has 0 radical (unpaired) electrons. The van der Waals surface area contributed by atoms with Crippen LogP contribution >= 0.6 is 15.9 Å². The lowest BCUT2D eigenvalue weighted by atomic mass is 10.1. The summed E-state index contributed by atoms with van der Waals surface area (Å²) in [6, 6.07) is 15.0. The lowest BCUT2D eigenvalue weighted by molar-refractivity contribution is 0.0341. The van der Waals surface area contributed by atoms with Crippen molar-refractivity contribution in [1.29, 1.82) is 0 Å². The van der Waals surface area contributed by atoms with Gasteiger partial charge in [-0.3, -0.25) is 9.89 Å². The molecule has 2 aromatic carbocycles. The molecule has 2 aromatic rings. The van der Waals surface area contributed by atoms with Crippen molar-refractivity contribution in [2.75, 3.05) is 33.4 Å². The minimum Gasteiger partial charge on any atom is -0.379 e. The van der Waals surface area contributed by atoms with Gasteiger partial charge in [0.1, 0.15) is 0 Å². The number of nitrogens with zero attached hydrogens (tertiary/aromatic N) is 2. The highest BCUT2D eigenvalue weighted by Crippen LogP contribution is 2.16. The van der Waals surface area contributed by atoms with Gasteiger partial charge in [-0.2, -0.15) is 0 Å². The normalized spacial score (nSPS) is 15.5. The average molecular weight is 445 g/mol. The Hall–Kier alpha value is -1.89. The maximum absolute atomic E-state index is 5.46. The van der Waals surface area contributed by atoms with Crippen LogP contribution < -0.4 is 10.6 Å². The van der Waals surface area contributed by atoms with Gasteiger partial charge in [0, 0.05) is 44.2 Å². The summed E-state index contributed by atoms with van der Waals surface area (Å²) in [6.07, 6.45) is 0. The van der Waals surface area contributed by atoms with Gasteiger partial charge in [-0.15, -0.1) is 0 Å². The predicted octanol–water partition coefficient (Wildman–Crippen LogP) is 3.45. The number of morpholine rings is 1. The van der Waals surface area contributed by atoms with Crippen LogP contribution in [0.15, 0.2) is 51.9 Å². The number of halogens is 1. The molecule has 0 aromatic heterocycles. The monoisotopic (exact) mass is 444 g/mol. The number of ether oxygens (including phenoxy) is 1. The SMILES string of the molecule is CN=C(NCc1ccc(Br)cc1C)NCc1ccccc1CN1CCOCC1. The first-order chi connectivity index (χ1) is 13.7. The van der Waals surface area contributed by atoms with Crippen molar-refractivity contribution in [3.63, 3.8) is 0 Å². The molecule has 0 bridgehead atoms. The standard InChI is InChI=1S/C22H29BrN4O/c1-17-13-21(23)8-7-18(17)14-25-22(24-2)26-15-19-5-3-4-6-20(19)16-27-9-11-28-12-10-27/h3-8,13H,9-12,14-16H2,1-2H3,(H2,24,25,26). The molecule has 0 saturated carbocycles. The maximum Gasteiger partial charge on any atom is 0.191 e. The van der Waals surface area contributed by atoms with Gasteiger partial charge in [0.25, 0.3) is 0 Å². The van der Waals surface area contributed by atoms with E-state index in [0.29, 0.717) is 0 Å². The van der Waals surface area contributed by atoms with Crippen molar-refractivity contribution in [2.24, 2.45) is 4.99 Å². The number of guanidine groups is 1. The quantitative estimate of drug-likeness (QED) is 0.528. The third-order valence-electron chi connectivity index (χ3n) is 5.04. The van der Waals surface area contributed by atoms with E-state index in [-0.39, 0.29) is 0 Å². The average Bonchev–Trinajstić information content (AvgIpc) is 2.71. The van der Waals surface area contributed by atoms with E-state index >= 15 is 0 Å². The van der Waals surface area contributed by atoms with Crippen molar-refractivity contribution in [1.82, 2.24) is 15.5 Å². The van der Waals surface area contributed by atoms with Gasteiger partial charge in [-0.05, 0) is 41.3 Å². The summed E-state index contributed by atoms with van der Waals surface area (Å²) in [5, 5.41) is 6.86. The summed E-state index contributed by atoms with van der Waals surface area (Å²) in [5.41, 5.74) is 5.18. The van der Waals surface area contributed by atoms with Crippen molar-refractivity contribution >= 4 is 21.9 Å². The zero-order valence-corrected chi connectivity index (χ0v) is 18.3. The van der Waals surface area contributed by atoms with Gasteiger partial charge >= 0.3 is 0 Å². The largest absolute Gasteiger partial charge is 0.379 e. The Morgan fingerprint density at radius 3 is 2.39 bits per heavy atom. The fourth-order valence-electron chi connectivity index (χ4n) is 3.32. The Morgan fingerprint density at radius 1 is 1.04 bits per heavy atom. The second-order valence-corrected chi connectivity index (χ2v) is 7.92. The molecule has 0 atom stereocenters. The Kier molecular flexibility index (Phi) is 7.89. The van der Waals surface area contributed by atoms with Crippen LogP contribution in [0.5, 0.6) is 0 Å². The minimum atomic E-state index is 0.744. The number of hydrogen-bond donors (Lipinski definition) is 2. The molecule has 1 saturated heterocycles. The Labute approximate surface area is 176 Å². The highest BCUT2D eigenvalue weighted by atomic mass is 79.9. The molecule has 5 nitrogen and oxygen atoms in total. The first kappa shape index (κ1) is 20.8. The number of benzene rings is 2. The lowest BCUT2D eigenvalue weighted by Gasteiger charge is -2.27. The van der Waals surface area contributed by atoms with Crippen LogP contribution in [-0.2, 0) is 24.4 Å². The van der Waals surface area contributed by atoms with E-state index < -0.39 is 0 Å². The van der Waals surface area contributed by atoms with E-state index in [1.807, 2.05) is 7.05 Å². The molecular formula is C22H29BrN4O. The molecule has 6 heteroatoms. The van der Waals surface area contributed by atoms with Gasteiger partial charge in [0.2, 0.25) is 0 Å². The topological polar surface area (TPSA) is 48.9 Å². The molecule has 0 unspecified atom stereocenters. The number of aliphatic imine (C=N–C) groups is 1. The summed E-state index contributed by atoms with van der Waals surface area (Å²) >= 11 is 3.52. The van der Waals surface area contributed by atoms with Crippen LogP contribution in [0.1, 0.15) is 22.3 Å². The van der Waals surface area contributed by atoms with Crippen LogP contribution in [0.3, 0.4) is 0 Å². The van der Waals surface area contributed by atoms with E-state index in [1.165, 1.54) is 22.3 Å². The first-order valence-corrected chi connectivity index (χ1v) is 10.5. The van der Waals surface area contributed by atoms with Gasteiger partial charge in [0.15, 0.2) is 5.96 Å². The Morgan fingerprint density at radius 2 is 1.71 bits per heavy atom. The summed E-state index contributed by atoms with van der Waals surface area (Å²) in [5.74, 6) is 0.809.